The highest BCUT2D eigenvalue weighted by Gasteiger charge is 2.42. The lowest BCUT2D eigenvalue weighted by molar-refractivity contribution is -0.142. The van der Waals surface area contributed by atoms with E-state index in [0.717, 1.165) is 31.5 Å². The molecule has 0 aromatic carbocycles. The van der Waals surface area contributed by atoms with E-state index in [0.29, 0.717) is 6.54 Å². The van der Waals surface area contributed by atoms with Gasteiger partial charge in [-0.1, -0.05) is 19.3 Å². The van der Waals surface area contributed by atoms with Gasteiger partial charge in [-0.3, -0.25) is 19.8 Å². The van der Waals surface area contributed by atoms with Crippen molar-refractivity contribution < 1.29 is 9.59 Å². The molecule has 2 fully saturated rings. The molecule has 2 heterocycles. The van der Waals surface area contributed by atoms with Gasteiger partial charge in [-0.2, -0.15) is 0 Å². The smallest absolute Gasteiger partial charge is 0.247 e. The van der Waals surface area contributed by atoms with Crippen LogP contribution in [0.15, 0.2) is 12.4 Å². The number of aromatic amines is 1. The normalized spacial score (nSPS) is 24.6. The zero-order chi connectivity index (χ0) is 13.9. The number of hydrogen-bond donors (Lipinski definition) is 2. The Bertz CT molecular complexity index is 479. The summed E-state index contributed by atoms with van der Waals surface area (Å²) in [5.74, 6) is 0.689. The van der Waals surface area contributed by atoms with Gasteiger partial charge in [-0.05, 0) is 12.8 Å². The van der Waals surface area contributed by atoms with Crippen molar-refractivity contribution >= 4 is 11.8 Å². The number of aromatic nitrogens is 2. The molecule has 6 heteroatoms. The molecule has 1 saturated heterocycles. The third-order valence-corrected chi connectivity index (χ3v) is 4.19. The molecular weight excluding hydrogens is 256 g/mol. The molecule has 2 aliphatic rings. The number of nitrogens with one attached hydrogen (secondary N) is 2. The lowest BCUT2D eigenvalue weighted by Gasteiger charge is -2.29. The van der Waals surface area contributed by atoms with Crippen LogP contribution < -0.4 is 5.32 Å². The first-order valence-electron chi connectivity index (χ1n) is 7.33. The molecule has 108 valence electrons. The van der Waals surface area contributed by atoms with Gasteiger partial charge in [0.25, 0.3) is 0 Å². The Morgan fingerprint density at radius 1 is 1.30 bits per heavy atom. The second-order valence-electron chi connectivity index (χ2n) is 5.57. The minimum atomic E-state index is -0.394. The van der Waals surface area contributed by atoms with Crippen LogP contribution in [0.1, 0.15) is 44.3 Å². The summed E-state index contributed by atoms with van der Waals surface area (Å²) in [6, 6.07) is -0.270. The summed E-state index contributed by atoms with van der Waals surface area (Å²) in [5, 5.41) is 3.13. The van der Waals surface area contributed by atoms with Crippen molar-refractivity contribution in [3.63, 3.8) is 0 Å². The fourth-order valence-electron chi connectivity index (χ4n) is 3.15. The Labute approximate surface area is 117 Å². The Balaban J connectivity index is 1.60. The molecule has 1 aliphatic carbocycles. The van der Waals surface area contributed by atoms with Gasteiger partial charge in [0.05, 0.1) is 19.0 Å². The number of rotatable bonds is 4. The van der Waals surface area contributed by atoms with Crippen molar-refractivity contribution in [2.45, 2.75) is 57.2 Å². The average Bonchev–Trinajstić information content (AvgIpc) is 3.06. The van der Waals surface area contributed by atoms with E-state index in [-0.39, 0.29) is 24.3 Å². The summed E-state index contributed by atoms with van der Waals surface area (Å²) in [4.78, 5) is 33.1. The molecule has 2 N–H and O–H groups in total. The lowest BCUT2D eigenvalue weighted by Crippen LogP contribution is -2.44. The second kappa shape index (κ2) is 5.75. The minimum Gasteiger partial charge on any atom is -0.348 e. The molecule has 1 saturated carbocycles. The predicted molar refractivity (Wildman–Crippen MR) is 72.6 cm³/mol. The van der Waals surface area contributed by atoms with Crippen LogP contribution in [-0.4, -0.2) is 38.8 Å². The maximum atomic E-state index is 12.4. The predicted octanol–water partition coefficient (Wildman–Crippen LogP) is 0.959. The zero-order valence-corrected chi connectivity index (χ0v) is 11.5. The van der Waals surface area contributed by atoms with Crippen molar-refractivity contribution in [3.8, 4) is 0 Å². The van der Waals surface area contributed by atoms with Crippen LogP contribution in [0, 0.1) is 0 Å². The Morgan fingerprint density at radius 3 is 2.80 bits per heavy atom. The van der Waals surface area contributed by atoms with Crippen LogP contribution in [0.5, 0.6) is 0 Å². The SMILES string of the molecule is O=C1CC(NCc2ncc[nH]2)C(=O)N1C1CCCCC1. The number of carbonyl (C=O) groups excluding carboxylic acids is 2. The van der Waals surface area contributed by atoms with Gasteiger partial charge in [0.2, 0.25) is 11.8 Å². The van der Waals surface area contributed by atoms with Gasteiger partial charge in [0, 0.05) is 18.4 Å². The van der Waals surface area contributed by atoms with Crippen LogP contribution in [0.25, 0.3) is 0 Å². The highest BCUT2D eigenvalue weighted by atomic mass is 16.2. The third-order valence-electron chi connectivity index (χ3n) is 4.19. The van der Waals surface area contributed by atoms with E-state index < -0.39 is 6.04 Å². The van der Waals surface area contributed by atoms with E-state index >= 15 is 0 Å². The van der Waals surface area contributed by atoms with E-state index in [1.54, 1.807) is 12.4 Å². The van der Waals surface area contributed by atoms with Crippen molar-refractivity contribution in [2.75, 3.05) is 0 Å². The fourth-order valence-corrected chi connectivity index (χ4v) is 3.15. The molecule has 1 unspecified atom stereocenters. The summed E-state index contributed by atoms with van der Waals surface area (Å²) in [6.45, 7) is 0.481. The Morgan fingerprint density at radius 2 is 2.10 bits per heavy atom. The first-order valence-corrected chi connectivity index (χ1v) is 7.33. The van der Waals surface area contributed by atoms with Crippen LogP contribution in [0.4, 0.5) is 0 Å². The number of imide groups is 1. The van der Waals surface area contributed by atoms with Crippen LogP contribution in [0.3, 0.4) is 0 Å². The van der Waals surface area contributed by atoms with Crippen molar-refractivity contribution in [3.05, 3.63) is 18.2 Å². The molecule has 1 aliphatic heterocycles. The van der Waals surface area contributed by atoms with Crippen LogP contribution >= 0.6 is 0 Å². The number of carbonyl (C=O) groups is 2. The zero-order valence-electron chi connectivity index (χ0n) is 11.5. The number of hydrogen-bond acceptors (Lipinski definition) is 4. The number of H-pyrrole nitrogens is 1. The summed E-state index contributed by atoms with van der Waals surface area (Å²) < 4.78 is 0. The Kier molecular flexibility index (Phi) is 3.82. The van der Waals surface area contributed by atoms with Gasteiger partial charge in [0.15, 0.2) is 0 Å². The van der Waals surface area contributed by atoms with Gasteiger partial charge in [0.1, 0.15) is 5.82 Å². The standard InChI is InChI=1S/C14H20N4O2/c19-13-8-11(17-9-12-15-6-7-16-12)14(20)18(13)10-4-2-1-3-5-10/h6-7,10-11,17H,1-5,8-9H2,(H,15,16). The van der Waals surface area contributed by atoms with Gasteiger partial charge in [-0.15, -0.1) is 0 Å². The van der Waals surface area contributed by atoms with Gasteiger partial charge < -0.3 is 4.98 Å². The summed E-state index contributed by atoms with van der Waals surface area (Å²) in [7, 11) is 0. The second-order valence-corrected chi connectivity index (χ2v) is 5.57. The summed E-state index contributed by atoms with van der Waals surface area (Å²) >= 11 is 0. The molecule has 20 heavy (non-hydrogen) atoms. The molecule has 0 radical (unpaired) electrons. The fraction of sp³-hybridized carbons (Fsp3) is 0.643. The van der Waals surface area contributed by atoms with E-state index in [2.05, 4.69) is 15.3 Å². The third kappa shape index (κ3) is 2.60. The van der Waals surface area contributed by atoms with E-state index in [1.165, 1.54) is 11.3 Å². The molecule has 0 spiro atoms. The number of amides is 2. The summed E-state index contributed by atoms with van der Waals surface area (Å²) in [5.41, 5.74) is 0. The molecule has 2 amide bonds. The van der Waals surface area contributed by atoms with Crippen LogP contribution in [0.2, 0.25) is 0 Å². The van der Waals surface area contributed by atoms with Gasteiger partial charge in [-0.25, -0.2) is 4.98 Å². The topological polar surface area (TPSA) is 78.1 Å². The minimum absolute atomic E-state index is 0.0288. The number of nitrogens with zero attached hydrogens (tertiary/aromatic N) is 2. The van der Waals surface area contributed by atoms with Crippen LogP contribution in [-0.2, 0) is 16.1 Å². The molecular formula is C14H20N4O2. The van der Waals surface area contributed by atoms with E-state index in [1.807, 2.05) is 0 Å². The van der Waals surface area contributed by atoms with E-state index in [4.69, 9.17) is 0 Å². The van der Waals surface area contributed by atoms with Crippen molar-refractivity contribution in [1.29, 1.82) is 0 Å². The maximum absolute atomic E-state index is 12.4. The highest BCUT2D eigenvalue weighted by Crippen LogP contribution is 2.27. The molecule has 0 bridgehead atoms. The number of imidazole rings is 1. The maximum Gasteiger partial charge on any atom is 0.247 e. The lowest BCUT2D eigenvalue weighted by atomic mass is 9.94. The average molecular weight is 276 g/mol. The Hall–Kier alpha value is -1.69. The first kappa shape index (κ1) is 13.3. The largest absolute Gasteiger partial charge is 0.348 e. The van der Waals surface area contributed by atoms with E-state index in [9.17, 15) is 9.59 Å². The first-order chi connectivity index (χ1) is 9.75. The highest BCUT2D eigenvalue weighted by molar-refractivity contribution is 6.05. The monoisotopic (exact) mass is 276 g/mol. The van der Waals surface area contributed by atoms with Crippen molar-refractivity contribution in [1.82, 2.24) is 20.2 Å². The van der Waals surface area contributed by atoms with Gasteiger partial charge >= 0.3 is 0 Å². The molecule has 1 aromatic rings. The summed E-state index contributed by atoms with van der Waals surface area (Å²) in [6.07, 6.45) is 9.06. The molecule has 3 rings (SSSR count). The number of likely N-dealkylation sites (tertiary alicyclic amines) is 1. The quantitative estimate of drug-likeness (QED) is 0.803. The molecule has 1 aromatic heterocycles. The molecule has 6 nitrogen and oxygen atoms in total. The molecule has 1 atom stereocenters. The van der Waals surface area contributed by atoms with Crippen molar-refractivity contribution in [2.24, 2.45) is 0 Å².